The van der Waals surface area contributed by atoms with Crippen molar-refractivity contribution >= 4 is 5.97 Å². The molecule has 0 fully saturated rings. The van der Waals surface area contributed by atoms with Gasteiger partial charge < -0.3 is 9.47 Å². The molecule has 0 radical (unpaired) electrons. The molecule has 0 bridgehead atoms. The minimum absolute atomic E-state index is 0.353. The van der Waals surface area contributed by atoms with Crippen LogP contribution in [0.5, 0.6) is 0 Å². The molecule has 0 rings (SSSR count). The normalized spacial score (nSPS) is 12.2. The Balaban J connectivity index is 3.53. The smallest absolute Gasteiger partial charge is 0.333 e. The van der Waals surface area contributed by atoms with Crippen LogP contribution in [0.4, 0.5) is 0 Å². The molecule has 1 atom stereocenters. The molecule has 0 saturated carbocycles. The number of hydrogen-bond donors (Lipinski definition) is 0. The number of rotatable bonds is 9. The highest BCUT2D eigenvalue weighted by molar-refractivity contribution is 5.81. The maximum atomic E-state index is 10.9. The predicted octanol–water partition coefficient (Wildman–Crippen LogP) is 3.85. The first-order chi connectivity index (χ1) is 8.56. The van der Waals surface area contributed by atoms with E-state index in [-0.39, 0.29) is 5.97 Å². The van der Waals surface area contributed by atoms with Crippen LogP contribution in [0.25, 0.3) is 0 Å². The molecule has 3 heteroatoms. The van der Waals surface area contributed by atoms with Gasteiger partial charge in [-0.25, -0.2) is 4.79 Å². The van der Waals surface area contributed by atoms with Crippen LogP contribution in [-0.2, 0) is 14.3 Å². The zero-order valence-corrected chi connectivity index (χ0v) is 12.1. The van der Waals surface area contributed by atoms with Crippen LogP contribution in [-0.4, -0.2) is 19.2 Å². The third kappa shape index (κ3) is 11.2. The van der Waals surface area contributed by atoms with Crippen molar-refractivity contribution in [1.29, 1.82) is 0 Å². The number of esters is 1. The summed E-state index contributed by atoms with van der Waals surface area (Å²) < 4.78 is 9.98. The molecule has 0 aliphatic heterocycles. The van der Waals surface area contributed by atoms with E-state index in [1.807, 2.05) is 0 Å². The van der Waals surface area contributed by atoms with Gasteiger partial charge in [0, 0.05) is 0 Å². The van der Waals surface area contributed by atoms with Crippen molar-refractivity contribution in [3.05, 3.63) is 24.0 Å². The summed E-state index contributed by atoms with van der Waals surface area (Å²) in [5.74, 6) is 0.283. The lowest BCUT2D eigenvalue weighted by Gasteiger charge is -2.09. The first-order valence-corrected chi connectivity index (χ1v) is 6.64. The van der Waals surface area contributed by atoms with Gasteiger partial charge in [-0.05, 0) is 46.0 Å². The molecule has 0 amide bonds. The van der Waals surface area contributed by atoms with E-state index < -0.39 is 0 Å². The zero-order chi connectivity index (χ0) is 13.8. The summed E-state index contributed by atoms with van der Waals surface area (Å²) in [6, 6.07) is 0. The topological polar surface area (TPSA) is 35.5 Å². The third-order valence-corrected chi connectivity index (χ3v) is 2.53. The van der Waals surface area contributed by atoms with E-state index in [1.165, 1.54) is 24.3 Å². The molecule has 0 spiro atoms. The van der Waals surface area contributed by atoms with Gasteiger partial charge in [0.1, 0.15) is 0 Å². The van der Waals surface area contributed by atoms with E-state index in [0.29, 0.717) is 19.1 Å². The SMILES string of the molecule is CCOC(=O)/C=C/OCCC(C)CCC=C(C)C. The summed E-state index contributed by atoms with van der Waals surface area (Å²) in [6.07, 6.45) is 8.30. The van der Waals surface area contributed by atoms with Gasteiger partial charge in [0.15, 0.2) is 0 Å². The van der Waals surface area contributed by atoms with Crippen LogP contribution < -0.4 is 0 Å². The Morgan fingerprint density at radius 2 is 2.00 bits per heavy atom. The molecule has 0 N–H and O–H groups in total. The maximum Gasteiger partial charge on any atom is 0.333 e. The minimum Gasteiger partial charge on any atom is -0.501 e. The van der Waals surface area contributed by atoms with Gasteiger partial charge in [0.05, 0.1) is 25.6 Å². The molecule has 0 aromatic rings. The summed E-state index contributed by atoms with van der Waals surface area (Å²) in [6.45, 7) is 9.27. The Labute approximate surface area is 111 Å². The van der Waals surface area contributed by atoms with Gasteiger partial charge >= 0.3 is 5.97 Å². The van der Waals surface area contributed by atoms with Crippen LogP contribution in [0.15, 0.2) is 24.0 Å². The van der Waals surface area contributed by atoms with Gasteiger partial charge in [-0.15, -0.1) is 0 Å². The Kier molecular flexibility index (Phi) is 10.1. The molecule has 1 unspecified atom stereocenters. The average Bonchev–Trinajstić information content (AvgIpc) is 2.28. The van der Waals surface area contributed by atoms with Crippen LogP contribution >= 0.6 is 0 Å². The van der Waals surface area contributed by atoms with Crippen LogP contribution in [0.3, 0.4) is 0 Å². The number of carbonyl (C=O) groups excluding carboxylic acids is 1. The van der Waals surface area contributed by atoms with Gasteiger partial charge in [0.2, 0.25) is 0 Å². The number of allylic oxidation sites excluding steroid dienone is 2. The van der Waals surface area contributed by atoms with Crippen molar-refractivity contribution in [2.75, 3.05) is 13.2 Å². The van der Waals surface area contributed by atoms with Gasteiger partial charge in [-0.2, -0.15) is 0 Å². The third-order valence-electron chi connectivity index (χ3n) is 2.53. The van der Waals surface area contributed by atoms with Crippen molar-refractivity contribution in [1.82, 2.24) is 0 Å². The van der Waals surface area contributed by atoms with E-state index in [2.05, 4.69) is 26.8 Å². The van der Waals surface area contributed by atoms with Crippen LogP contribution in [0.1, 0.15) is 47.0 Å². The summed E-state index contributed by atoms with van der Waals surface area (Å²) in [7, 11) is 0. The lowest BCUT2D eigenvalue weighted by atomic mass is 10.0. The fourth-order valence-electron chi connectivity index (χ4n) is 1.43. The van der Waals surface area contributed by atoms with Gasteiger partial charge in [-0.1, -0.05) is 18.6 Å². The largest absolute Gasteiger partial charge is 0.501 e. The zero-order valence-electron chi connectivity index (χ0n) is 12.1. The second-order valence-electron chi connectivity index (χ2n) is 4.68. The van der Waals surface area contributed by atoms with Crippen LogP contribution in [0, 0.1) is 5.92 Å². The lowest BCUT2D eigenvalue weighted by molar-refractivity contribution is -0.137. The Morgan fingerprint density at radius 3 is 2.61 bits per heavy atom. The minimum atomic E-state index is -0.353. The molecule has 0 aromatic carbocycles. The second kappa shape index (κ2) is 10.9. The molecular weight excluding hydrogens is 228 g/mol. The highest BCUT2D eigenvalue weighted by atomic mass is 16.5. The van der Waals surface area contributed by atoms with Crippen molar-refractivity contribution in [3.63, 3.8) is 0 Å². The first-order valence-electron chi connectivity index (χ1n) is 6.64. The molecule has 104 valence electrons. The van der Waals surface area contributed by atoms with Gasteiger partial charge in [-0.3, -0.25) is 0 Å². The maximum absolute atomic E-state index is 10.9. The monoisotopic (exact) mass is 254 g/mol. The highest BCUT2D eigenvalue weighted by Crippen LogP contribution is 2.11. The number of carbonyl (C=O) groups is 1. The first kappa shape index (κ1) is 16.8. The standard InChI is InChI=1S/C15H26O3/c1-5-18-15(16)10-12-17-11-9-14(4)8-6-7-13(2)3/h7,10,12,14H,5-6,8-9,11H2,1-4H3/b12-10+. The Hall–Kier alpha value is -1.25. The Morgan fingerprint density at radius 1 is 1.28 bits per heavy atom. The molecule has 0 aliphatic carbocycles. The summed E-state index contributed by atoms with van der Waals surface area (Å²) >= 11 is 0. The summed E-state index contributed by atoms with van der Waals surface area (Å²) in [5, 5.41) is 0. The quantitative estimate of drug-likeness (QED) is 0.206. The molecule has 3 nitrogen and oxygen atoms in total. The average molecular weight is 254 g/mol. The fourth-order valence-corrected chi connectivity index (χ4v) is 1.43. The summed E-state index contributed by atoms with van der Waals surface area (Å²) in [5.41, 5.74) is 1.37. The Bertz CT molecular complexity index is 275. The summed E-state index contributed by atoms with van der Waals surface area (Å²) in [4.78, 5) is 10.9. The van der Waals surface area contributed by atoms with Crippen molar-refractivity contribution < 1.29 is 14.3 Å². The lowest BCUT2D eigenvalue weighted by Crippen LogP contribution is -2.01. The van der Waals surface area contributed by atoms with Crippen molar-refractivity contribution in [3.8, 4) is 0 Å². The van der Waals surface area contributed by atoms with Crippen LogP contribution in [0.2, 0.25) is 0 Å². The molecule has 0 aliphatic rings. The van der Waals surface area contributed by atoms with Gasteiger partial charge in [0.25, 0.3) is 0 Å². The molecule has 0 aromatic heterocycles. The highest BCUT2D eigenvalue weighted by Gasteiger charge is 2.00. The molecule has 0 saturated heterocycles. The van der Waals surface area contributed by atoms with E-state index >= 15 is 0 Å². The van der Waals surface area contributed by atoms with E-state index in [0.717, 1.165) is 12.8 Å². The molecule has 18 heavy (non-hydrogen) atoms. The van der Waals surface area contributed by atoms with E-state index in [4.69, 9.17) is 9.47 Å². The number of ether oxygens (including phenoxy) is 2. The van der Waals surface area contributed by atoms with E-state index in [1.54, 1.807) is 6.92 Å². The molecule has 0 heterocycles. The fraction of sp³-hybridized carbons (Fsp3) is 0.667. The molecular formula is C15H26O3. The second-order valence-corrected chi connectivity index (χ2v) is 4.68. The van der Waals surface area contributed by atoms with E-state index in [9.17, 15) is 4.79 Å². The number of hydrogen-bond acceptors (Lipinski definition) is 3. The van der Waals surface area contributed by atoms with Crippen molar-refractivity contribution in [2.24, 2.45) is 5.92 Å². The van der Waals surface area contributed by atoms with Crippen molar-refractivity contribution in [2.45, 2.75) is 47.0 Å². The predicted molar refractivity (Wildman–Crippen MR) is 74.2 cm³/mol.